The Kier molecular flexibility index (Phi) is 3.35. The number of hydrogen-bond donors (Lipinski definition) is 1. The quantitative estimate of drug-likeness (QED) is 0.844. The summed E-state index contributed by atoms with van der Waals surface area (Å²) < 4.78 is 0. The van der Waals surface area contributed by atoms with Gasteiger partial charge < -0.3 is 5.32 Å². The van der Waals surface area contributed by atoms with Gasteiger partial charge in [0.2, 0.25) is 0 Å². The molecule has 4 heteroatoms. The Balaban J connectivity index is 2.18. The maximum atomic E-state index is 11.9. The topological polar surface area (TPSA) is 46.2 Å². The summed E-state index contributed by atoms with van der Waals surface area (Å²) in [6.07, 6.45) is 0.755. The number of hydrogen-bond acceptors (Lipinski definition) is 3. The molecule has 0 radical (unpaired) electrons. The molecule has 17 heavy (non-hydrogen) atoms. The Labute approximate surface area is 103 Å². The molecule has 0 unspecified atom stereocenters. The van der Waals surface area contributed by atoms with Crippen LogP contribution in [-0.2, 0) is 0 Å². The Morgan fingerprint density at radius 3 is 2.82 bits per heavy atom. The van der Waals surface area contributed by atoms with Crippen LogP contribution in [0, 0.1) is 6.92 Å². The third kappa shape index (κ3) is 2.60. The molecule has 0 atom stereocenters. The van der Waals surface area contributed by atoms with Gasteiger partial charge in [0.1, 0.15) is 6.29 Å². The molecule has 3 nitrogen and oxygen atoms in total. The molecule has 0 aliphatic carbocycles. The molecule has 1 amide bonds. The summed E-state index contributed by atoms with van der Waals surface area (Å²) in [6.45, 7) is 1.90. The van der Waals surface area contributed by atoms with Crippen LogP contribution in [0.5, 0.6) is 0 Å². The molecule has 0 spiro atoms. The number of carbonyl (C=O) groups excluding carboxylic acids is 2. The van der Waals surface area contributed by atoms with Crippen molar-refractivity contribution in [2.75, 3.05) is 5.32 Å². The fourth-order valence-electron chi connectivity index (χ4n) is 1.48. The van der Waals surface area contributed by atoms with Crippen LogP contribution in [0.25, 0.3) is 0 Å². The van der Waals surface area contributed by atoms with Crippen LogP contribution in [0.2, 0.25) is 0 Å². The lowest BCUT2D eigenvalue weighted by Crippen LogP contribution is -2.12. The molecule has 1 aromatic carbocycles. The maximum Gasteiger partial charge on any atom is 0.256 e. The van der Waals surface area contributed by atoms with Crippen molar-refractivity contribution in [3.8, 4) is 0 Å². The second-order valence-corrected chi connectivity index (χ2v) is 4.41. The third-order valence-corrected chi connectivity index (χ3v) is 3.24. The van der Waals surface area contributed by atoms with Crippen LogP contribution in [0.1, 0.15) is 26.3 Å². The van der Waals surface area contributed by atoms with E-state index < -0.39 is 0 Å². The van der Waals surface area contributed by atoms with Crippen molar-refractivity contribution in [3.63, 3.8) is 0 Å². The molecule has 0 aliphatic heterocycles. The highest BCUT2D eigenvalue weighted by Gasteiger charge is 2.09. The average Bonchev–Trinajstić information content (AvgIpc) is 2.76. The number of amides is 1. The van der Waals surface area contributed by atoms with Crippen LogP contribution in [0.15, 0.2) is 35.0 Å². The molecule has 0 fully saturated rings. The first-order valence-corrected chi connectivity index (χ1v) is 6.04. The largest absolute Gasteiger partial charge is 0.322 e. The standard InChI is InChI=1S/C13H11NO2S/c1-9-7-17-8-12(9)13(16)14-11-4-2-3-10(5-11)6-15/h2-8H,1H3,(H,14,16). The lowest BCUT2D eigenvalue weighted by molar-refractivity contribution is 0.102. The summed E-state index contributed by atoms with van der Waals surface area (Å²) in [5.74, 6) is -0.146. The fourth-order valence-corrected chi connectivity index (χ4v) is 2.31. The van der Waals surface area contributed by atoms with Gasteiger partial charge in [0, 0.05) is 16.6 Å². The van der Waals surface area contributed by atoms with Crippen molar-refractivity contribution in [1.29, 1.82) is 0 Å². The molecule has 0 saturated heterocycles. The van der Waals surface area contributed by atoms with E-state index in [2.05, 4.69) is 5.32 Å². The summed E-state index contributed by atoms with van der Waals surface area (Å²) in [6, 6.07) is 6.83. The van der Waals surface area contributed by atoms with Crippen molar-refractivity contribution in [2.24, 2.45) is 0 Å². The zero-order chi connectivity index (χ0) is 12.3. The molecule has 0 bridgehead atoms. The van der Waals surface area contributed by atoms with Crippen LogP contribution >= 0.6 is 11.3 Å². The van der Waals surface area contributed by atoms with Gasteiger partial charge in [-0.15, -0.1) is 0 Å². The number of carbonyl (C=O) groups is 2. The van der Waals surface area contributed by atoms with Crippen molar-refractivity contribution in [3.05, 3.63) is 51.7 Å². The Morgan fingerprint density at radius 2 is 2.18 bits per heavy atom. The van der Waals surface area contributed by atoms with E-state index in [-0.39, 0.29) is 5.91 Å². The van der Waals surface area contributed by atoms with E-state index in [9.17, 15) is 9.59 Å². The van der Waals surface area contributed by atoms with E-state index >= 15 is 0 Å². The van der Waals surface area contributed by atoms with E-state index in [1.807, 2.05) is 17.7 Å². The minimum absolute atomic E-state index is 0.146. The summed E-state index contributed by atoms with van der Waals surface area (Å²) in [7, 11) is 0. The predicted octanol–water partition coefficient (Wildman–Crippen LogP) is 3.12. The molecule has 2 rings (SSSR count). The molecular formula is C13H11NO2S. The first-order chi connectivity index (χ1) is 8.20. The molecular weight excluding hydrogens is 234 g/mol. The Hall–Kier alpha value is -1.94. The number of anilines is 1. The minimum Gasteiger partial charge on any atom is -0.322 e. The van der Waals surface area contributed by atoms with Gasteiger partial charge in [0.15, 0.2) is 0 Å². The number of aldehydes is 1. The number of rotatable bonds is 3. The van der Waals surface area contributed by atoms with Crippen molar-refractivity contribution >= 4 is 29.2 Å². The summed E-state index contributed by atoms with van der Waals surface area (Å²) in [5, 5.41) is 6.51. The lowest BCUT2D eigenvalue weighted by Gasteiger charge is -2.05. The van der Waals surface area contributed by atoms with Gasteiger partial charge in [-0.25, -0.2) is 0 Å². The molecule has 2 aromatic rings. The monoisotopic (exact) mass is 245 g/mol. The Morgan fingerprint density at radius 1 is 1.35 bits per heavy atom. The van der Waals surface area contributed by atoms with E-state index in [1.165, 1.54) is 11.3 Å². The van der Waals surface area contributed by atoms with Gasteiger partial charge in [0.25, 0.3) is 5.91 Å². The summed E-state index contributed by atoms with van der Waals surface area (Å²) >= 11 is 1.50. The number of nitrogens with one attached hydrogen (secondary N) is 1. The van der Waals surface area contributed by atoms with E-state index in [4.69, 9.17) is 0 Å². The van der Waals surface area contributed by atoms with Gasteiger partial charge >= 0.3 is 0 Å². The normalized spacial score (nSPS) is 9.94. The Bertz CT molecular complexity index is 560. The highest BCUT2D eigenvalue weighted by atomic mass is 32.1. The number of aryl methyl sites for hydroxylation is 1. The van der Waals surface area contributed by atoms with E-state index in [0.717, 1.165) is 11.8 Å². The molecule has 1 aromatic heterocycles. The van der Waals surface area contributed by atoms with Crippen LogP contribution in [0.4, 0.5) is 5.69 Å². The lowest BCUT2D eigenvalue weighted by atomic mass is 10.2. The molecule has 0 aliphatic rings. The second-order valence-electron chi connectivity index (χ2n) is 3.67. The number of thiophene rings is 1. The molecule has 0 saturated carbocycles. The summed E-state index contributed by atoms with van der Waals surface area (Å²) in [4.78, 5) is 22.5. The van der Waals surface area contributed by atoms with Gasteiger partial charge in [-0.05, 0) is 30.0 Å². The van der Waals surface area contributed by atoms with Gasteiger partial charge in [-0.2, -0.15) is 11.3 Å². The van der Waals surface area contributed by atoms with Gasteiger partial charge in [-0.3, -0.25) is 9.59 Å². The van der Waals surface area contributed by atoms with Crippen molar-refractivity contribution < 1.29 is 9.59 Å². The molecule has 86 valence electrons. The fraction of sp³-hybridized carbons (Fsp3) is 0.0769. The van der Waals surface area contributed by atoms with Crippen LogP contribution < -0.4 is 5.32 Å². The van der Waals surface area contributed by atoms with Crippen LogP contribution in [0.3, 0.4) is 0 Å². The smallest absolute Gasteiger partial charge is 0.256 e. The second kappa shape index (κ2) is 4.93. The average molecular weight is 245 g/mol. The first kappa shape index (κ1) is 11.5. The third-order valence-electron chi connectivity index (χ3n) is 2.38. The molecule has 1 heterocycles. The van der Waals surface area contributed by atoms with Crippen molar-refractivity contribution in [2.45, 2.75) is 6.92 Å². The van der Waals surface area contributed by atoms with E-state index in [0.29, 0.717) is 16.8 Å². The van der Waals surface area contributed by atoms with Crippen molar-refractivity contribution in [1.82, 2.24) is 0 Å². The van der Waals surface area contributed by atoms with Crippen LogP contribution in [-0.4, -0.2) is 12.2 Å². The van der Waals surface area contributed by atoms with Gasteiger partial charge in [0.05, 0.1) is 5.56 Å². The SMILES string of the molecule is Cc1cscc1C(=O)Nc1cccc(C=O)c1. The number of benzene rings is 1. The van der Waals surface area contributed by atoms with Gasteiger partial charge in [-0.1, -0.05) is 12.1 Å². The zero-order valence-corrected chi connectivity index (χ0v) is 10.1. The predicted molar refractivity (Wildman–Crippen MR) is 68.8 cm³/mol. The molecule has 1 N–H and O–H groups in total. The first-order valence-electron chi connectivity index (χ1n) is 5.10. The highest BCUT2D eigenvalue weighted by Crippen LogP contribution is 2.16. The highest BCUT2D eigenvalue weighted by molar-refractivity contribution is 7.08. The zero-order valence-electron chi connectivity index (χ0n) is 9.27. The maximum absolute atomic E-state index is 11.9. The summed E-state index contributed by atoms with van der Waals surface area (Å²) in [5.41, 5.74) is 2.81. The van der Waals surface area contributed by atoms with E-state index in [1.54, 1.807) is 24.3 Å². The minimum atomic E-state index is -0.146.